The highest BCUT2D eigenvalue weighted by molar-refractivity contribution is 5.80. The van der Waals surface area contributed by atoms with E-state index in [-0.39, 0.29) is 19.0 Å². The molecule has 8 nitrogen and oxygen atoms in total. The number of pyridine rings is 1. The van der Waals surface area contributed by atoms with Crippen molar-refractivity contribution in [2.45, 2.75) is 26.2 Å². The number of nitrogens with zero attached hydrogens (tertiary/aromatic N) is 3. The maximum atomic E-state index is 11.4. The summed E-state index contributed by atoms with van der Waals surface area (Å²) in [6, 6.07) is 12.2. The van der Waals surface area contributed by atoms with Crippen LogP contribution in [0.25, 0.3) is 0 Å². The van der Waals surface area contributed by atoms with Gasteiger partial charge in [0.05, 0.1) is 39.1 Å². The molecule has 0 amide bonds. The van der Waals surface area contributed by atoms with Gasteiger partial charge >= 0.3 is 5.97 Å². The topological polar surface area (TPSA) is 96.3 Å². The molecule has 0 spiro atoms. The molecule has 2 heterocycles. The summed E-state index contributed by atoms with van der Waals surface area (Å²) in [5, 5.41) is 13.1. The minimum absolute atomic E-state index is 0.0256. The molecule has 0 atom stereocenters. The Kier molecular flexibility index (Phi) is 8.81. The third-order valence-corrected chi connectivity index (χ3v) is 4.83. The first-order valence-corrected chi connectivity index (χ1v) is 10.6. The first-order chi connectivity index (χ1) is 15.1. The molecule has 8 heteroatoms. The third-order valence-electron chi connectivity index (χ3n) is 4.83. The lowest BCUT2D eigenvalue weighted by Crippen LogP contribution is -2.36. The van der Waals surface area contributed by atoms with Crippen LogP contribution in [0, 0.1) is 6.92 Å². The van der Waals surface area contributed by atoms with Crippen LogP contribution in [0.2, 0.25) is 0 Å². The normalized spacial score (nSPS) is 14.1. The number of rotatable bonds is 10. The van der Waals surface area contributed by atoms with Gasteiger partial charge < -0.3 is 19.5 Å². The van der Waals surface area contributed by atoms with Crippen LogP contribution in [0.4, 0.5) is 11.5 Å². The van der Waals surface area contributed by atoms with Crippen molar-refractivity contribution in [3.05, 3.63) is 53.2 Å². The number of hydrogen-bond donors (Lipinski definition) is 2. The Balaban J connectivity index is 1.66. The fraction of sp³-hybridized carbons (Fsp3) is 0.435. The number of aliphatic hydroxyl groups excluding tert-OH is 1. The molecule has 0 aliphatic carbocycles. The third kappa shape index (κ3) is 7.66. The Labute approximate surface area is 182 Å². The zero-order chi connectivity index (χ0) is 21.9. The molecule has 2 N–H and O–H groups in total. The number of esters is 1. The predicted molar refractivity (Wildman–Crippen MR) is 121 cm³/mol. The van der Waals surface area contributed by atoms with Crippen LogP contribution in [0.1, 0.15) is 29.7 Å². The highest BCUT2D eigenvalue weighted by Gasteiger charge is 2.14. The van der Waals surface area contributed by atoms with Crippen molar-refractivity contribution in [2.24, 2.45) is 5.10 Å². The standard InChI is InChI=1S/C23H30N4O4/c1-18-4-2-5-19(14-18)17-24-26-22-16-21(27-8-12-30-13-9-27)15-20(25-22)6-3-11-31-23(29)7-10-28/h2,4-5,14-17,28H,3,6-13H2,1H3,(H,25,26)/b24-17+. The zero-order valence-corrected chi connectivity index (χ0v) is 17.9. The van der Waals surface area contributed by atoms with Crippen LogP contribution in [0.3, 0.4) is 0 Å². The molecule has 1 fully saturated rings. The molecular formula is C23H30N4O4. The van der Waals surface area contributed by atoms with Gasteiger partial charge in [0.2, 0.25) is 0 Å². The lowest BCUT2D eigenvalue weighted by atomic mass is 10.2. The zero-order valence-electron chi connectivity index (χ0n) is 17.9. The van der Waals surface area contributed by atoms with Gasteiger partial charge in [0.15, 0.2) is 0 Å². The van der Waals surface area contributed by atoms with Crippen molar-refractivity contribution in [1.82, 2.24) is 4.98 Å². The SMILES string of the molecule is Cc1cccc(/C=N/Nc2cc(N3CCOCC3)cc(CCCOC(=O)CCO)n2)c1. The second-order valence-corrected chi connectivity index (χ2v) is 7.38. The summed E-state index contributed by atoms with van der Waals surface area (Å²) in [4.78, 5) is 18.3. The number of benzene rings is 1. The average molecular weight is 427 g/mol. The van der Waals surface area contributed by atoms with Gasteiger partial charge in [0.1, 0.15) is 5.82 Å². The van der Waals surface area contributed by atoms with E-state index in [9.17, 15) is 4.79 Å². The molecule has 1 saturated heterocycles. The van der Waals surface area contributed by atoms with E-state index >= 15 is 0 Å². The molecule has 2 aromatic rings. The van der Waals surface area contributed by atoms with E-state index < -0.39 is 0 Å². The van der Waals surface area contributed by atoms with Crippen LogP contribution in [0.5, 0.6) is 0 Å². The number of hydrazone groups is 1. The maximum absolute atomic E-state index is 11.4. The van der Waals surface area contributed by atoms with Gasteiger partial charge in [-0.3, -0.25) is 10.2 Å². The molecule has 166 valence electrons. The number of aromatic nitrogens is 1. The Hall–Kier alpha value is -2.97. The van der Waals surface area contributed by atoms with E-state index in [2.05, 4.69) is 32.5 Å². The van der Waals surface area contributed by atoms with Gasteiger partial charge in [-0.2, -0.15) is 5.10 Å². The van der Waals surface area contributed by atoms with Crippen molar-refractivity contribution < 1.29 is 19.4 Å². The summed E-state index contributed by atoms with van der Waals surface area (Å²) < 4.78 is 10.6. The molecular weight excluding hydrogens is 396 g/mol. The van der Waals surface area contributed by atoms with E-state index in [0.717, 1.165) is 30.0 Å². The number of carbonyl (C=O) groups excluding carboxylic acids is 1. The Bertz CT molecular complexity index is 882. The maximum Gasteiger partial charge on any atom is 0.308 e. The Morgan fingerprint density at radius 3 is 2.94 bits per heavy atom. The van der Waals surface area contributed by atoms with Crippen LogP contribution >= 0.6 is 0 Å². The molecule has 1 aliphatic rings. The number of nitrogens with one attached hydrogen (secondary N) is 1. The Morgan fingerprint density at radius 1 is 1.32 bits per heavy atom. The van der Waals surface area contributed by atoms with E-state index in [4.69, 9.17) is 14.6 Å². The van der Waals surface area contributed by atoms with E-state index in [1.807, 2.05) is 31.2 Å². The summed E-state index contributed by atoms with van der Waals surface area (Å²) in [6.07, 6.45) is 3.12. The number of aliphatic hydroxyl groups is 1. The van der Waals surface area contributed by atoms with Gasteiger partial charge in [-0.15, -0.1) is 0 Å². The molecule has 0 bridgehead atoms. The summed E-state index contributed by atoms with van der Waals surface area (Å²) in [6.45, 7) is 5.21. The summed E-state index contributed by atoms with van der Waals surface area (Å²) >= 11 is 0. The lowest BCUT2D eigenvalue weighted by molar-refractivity contribution is -0.144. The Morgan fingerprint density at radius 2 is 2.16 bits per heavy atom. The number of anilines is 2. The second-order valence-electron chi connectivity index (χ2n) is 7.38. The molecule has 0 unspecified atom stereocenters. The number of ether oxygens (including phenoxy) is 2. The fourth-order valence-electron chi connectivity index (χ4n) is 3.29. The van der Waals surface area contributed by atoms with Crippen LogP contribution in [0.15, 0.2) is 41.5 Å². The largest absolute Gasteiger partial charge is 0.466 e. The molecule has 0 radical (unpaired) electrons. The first-order valence-electron chi connectivity index (χ1n) is 10.6. The highest BCUT2D eigenvalue weighted by Crippen LogP contribution is 2.22. The van der Waals surface area contributed by atoms with Crippen LogP contribution in [-0.4, -0.2) is 61.8 Å². The monoisotopic (exact) mass is 426 g/mol. The number of hydrogen-bond acceptors (Lipinski definition) is 8. The number of carbonyl (C=O) groups is 1. The predicted octanol–water partition coefficient (Wildman–Crippen LogP) is 2.53. The van der Waals surface area contributed by atoms with Gasteiger partial charge in [0, 0.05) is 30.5 Å². The molecule has 1 aromatic heterocycles. The first kappa shape index (κ1) is 22.7. The molecule has 31 heavy (non-hydrogen) atoms. The van der Waals surface area contributed by atoms with Crippen molar-refractivity contribution in [3.63, 3.8) is 0 Å². The summed E-state index contributed by atoms with van der Waals surface area (Å²) in [5.74, 6) is 0.283. The number of aryl methyl sites for hydroxylation is 2. The summed E-state index contributed by atoms with van der Waals surface area (Å²) in [7, 11) is 0. The van der Waals surface area contributed by atoms with Crippen molar-refractivity contribution >= 4 is 23.7 Å². The quantitative estimate of drug-likeness (QED) is 0.261. The summed E-state index contributed by atoms with van der Waals surface area (Å²) in [5.41, 5.74) is 7.21. The molecule has 3 rings (SSSR count). The van der Waals surface area contributed by atoms with Crippen LogP contribution < -0.4 is 10.3 Å². The molecule has 1 aliphatic heterocycles. The van der Waals surface area contributed by atoms with Gasteiger partial charge in [-0.05, 0) is 31.4 Å². The molecule has 1 aromatic carbocycles. The lowest BCUT2D eigenvalue weighted by Gasteiger charge is -2.29. The van der Waals surface area contributed by atoms with Crippen LogP contribution in [-0.2, 0) is 20.7 Å². The number of morpholine rings is 1. The van der Waals surface area contributed by atoms with Crippen molar-refractivity contribution in [1.29, 1.82) is 0 Å². The van der Waals surface area contributed by atoms with Gasteiger partial charge in [0.25, 0.3) is 0 Å². The van der Waals surface area contributed by atoms with E-state index in [0.29, 0.717) is 38.5 Å². The molecule has 0 saturated carbocycles. The highest BCUT2D eigenvalue weighted by atomic mass is 16.5. The van der Waals surface area contributed by atoms with E-state index in [1.165, 1.54) is 5.56 Å². The van der Waals surface area contributed by atoms with Gasteiger partial charge in [-0.1, -0.05) is 29.8 Å². The van der Waals surface area contributed by atoms with Crippen molar-refractivity contribution in [2.75, 3.05) is 49.8 Å². The smallest absolute Gasteiger partial charge is 0.308 e. The van der Waals surface area contributed by atoms with E-state index in [1.54, 1.807) is 6.21 Å². The van der Waals surface area contributed by atoms with Crippen molar-refractivity contribution in [3.8, 4) is 0 Å². The minimum Gasteiger partial charge on any atom is -0.466 e. The minimum atomic E-state index is -0.384. The fourth-order valence-corrected chi connectivity index (χ4v) is 3.29. The average Bonchev–Trinajstić information content (AvgIpc) is 2.77. The van der Waals surface area contributed by atoms with Gasteiger partial charge in [-0.25, -0.2) is 4.98 Å². The second kappa shape index (κ2) is 12.0.